The van der Waals surface area contributed by atoms with E-state index in [1.54, 1.807) is 11.0 Å². The number of carbonyl (C=O) groups is 1. The topological polar surface area (TPSA) is 66.5 Å². The van der Waals surface area contributed by atoms with Crippen LogP contribution in [-0.4, -0.2) is 44.6 Å². The normalized spacial score (nSPS) is 17.7. The molecule has 5 nitrogen and oxygen atoms in total. The highest BCUT2D eigenvalue weighted by molar-refractivity contribution is 9.11. The molecule has 2 heterocycles. The van der Waals surface area contributed by atoms with Crippen LogP contribution in [0.5, 0.6) is 0 Å². The summed E-state index contributed by atoms with van der Waals surface area (Å²) in [6, 6.07) is 3.60. The van der Waals surface area contributed by atoms with E-state index in [2.05, 4.69) is 20.7 Å². The Hall–Kier alpha value is -0.440. The van der Waals surface area contributed by atoms with Crippen molar-refractivity contribution in [1.29, 1.82) is 0 Å². The maximum Gasteiger partial charge on any atom is 0.263 e. The number of hydrogen-bond donors (Lipinski definition) is 1. The molecule has 19 heavy (non-hydrogen) atoms. The van der Waals surface area contributed by atoms with Crippen molar-refractivity contribution in [2.45, 2.75) is 18.9 Å². The number of carbonyl (C=O) groups excluding carboxylic acids is 1. The Balaban J connectivity index is 1.91. The fraction of sp³-hybridized carbons (Fsp3) is 0.545. The zero-order valence-electron chi connectivity index (χ0n) is 10.4. The van der Waals surface area contributed by atoms with Gasteiger partial charge in [0, 0.05) is 19.1 Å². The van der Waals surface area contributed by atoms with Gasteiger partial charge in [0.1, 0.15) is 0 Å². The van der Waals surface area contributed by atoms with Crippen LogP contribution in [0.2, 0.25) is 0 Å². The molecule has 0 atom stereocenters. The molecule has 106 valence electrons. The summed E-state index contributed by atoms with van der Waals surface area (Å²) in [7, 11) is -3.17. The van der Waals surface area contributed by atoms with Gasteiger partial charge in [-0.05, 0) is 40.9 Å². The second kappa shape index (κ2) is 5.90. The zero-order valence-corrected chi connectivity index (χ0v) is 13.6. The molecule has 1 amide bonds. The minimum Gasteiger partial charge on any atom is -0.338 e. The van der Waals surface area contributed by atoms with E-state index >= 15 is 0 Å². The van der Waals surface area contributed by atoms with Crippen molar-refractivity contribution in [3.8, 4) is 0 Å². The second-order valence-corrected chi connectivity index (χ2v) is 8.80. The van der Waals surface area contributed by atoms with E-state index in [1.807, 2.05) is 6.07 Å². The van der Waals surface area contributed by atoms with Gasteiger partial charge < -0.3 is 4.90 Å². The maximum absolute atomic E-state index is 12.2. The predicted molar refractivity (Wildman–Crippen MR) is 78.9 cm³/mol. The summed E-state index contributed by atoms with van der Waals surface area (Å²) in [6.45, 7) is 1.17. The standard InChI is InChI=1S/C11H15BrN2O3S2/c1-19(16,17)13-8-4-6-14(7-5-8)11(15)9-2-3-10(12)18-9/h2-3,8,13H,4-7H2,1H3. The predicted octanol–water partition coefficient (Wildman–Crippen LogP) is 1.66. The minimum atomic E-state index is -3.17. The lowest BCUT2D eigenvalue weighted by Crippen LogP contribution is -2.46. The van der Waals surface area contributed by atoms with Crippen LogP contribution in [0.1, 0.15) is 22.5 Å². The van der Waals surface area contributed by atoms with Gasteiger partial charge in [0.05, 0.1) is 14.9 Å². The average Bonchev–Trinajstić information content (AvgIpc) is 2.74. The van der Waals surface area contributed by atoms with Gasteiger partial charge in [-0.25, -0.2) is 13.1 Å². The van der Waals surface area contributed by atoms with Gasteiger partial charge in [0.15, 0.2) is 0 Å². The fourth-order valence-electron chi connectivity index (χ4n) is 2.09. The molecule has 0 radical (unpaired) electrons. The molecule has 1 aliphatic heterocycles. The Kier molecular flexibility index (Phi) is 4.65. The number of amides is 1. The number of nitrogens with one attached hydrogen (secondary N) is 1. The molecular formula is C11H15BrN2O3S2. The number of sulfonamides is 1. The summed E-state index contributed by atoms with van der Waals surface area (Å²) in [5.41, 5.74) is 0. The van der Waals surface area contributed by atoms with E-state index in [1.165, 1.54) is 11.3 Å². The lowest BCUT2D eigenvalue weighted by Gasteiger charge is -2.31. The monoisotopic (exact) mass is 366 g/mol. The van der Waals surface area contributed by atoms with Crippen LogP contribution in [0, 0.1) is 0 Å². The van der Waals surface area contributed by atoms with Crippen LogP contribution < -0.4 is 4.72 Å². The van der Waals surface area contributed by atoms with Crippen LogP contribution in [0.4, 0.5) is 0 Å². The number of thiophene rings is 1. The number of hydrogen-bond acceptors (Lipinski definition) is 4. The number of likely N-dealkylation sites (tertiary alicyclic amines) is 1. The van der Waals surface area contributed by atoms with Crippen molar-refractivity contribution in [3.05, 3.63) is 20.8 Å². The van der Waals surface area contributed by atoms with Gasteiger partial charge >= 0.3 is 0 Å². The van der Waals surface area contributed by atoms with Gasteiger partial charge in [-0.2, -0.15) is 0 Å². The van der Waals surface area contributed by atoms with E-state index in [-0.39, 0.29) is 11.9 Å². The van der Waals surface area contributed by atoms with E-state index in [0.29, 0.717) is 30.8 Å². The van der Waals surface area contributed by atoms with Gasteiger partial charge in [-0.1, -0.05) is 0 Å². The van der Waals surface area contributed by atoms with Crippen molar-refractivity contribution >= 4 is 43.2 Å². The SMILES string of the molecule is CS(=O)(=O)NC1CCN(C(=O)c2ccc(Br)s2)CC1. The molecule has 0 bridgehead atoms. The van der Waals surface area contributed by atoms with E-state index < -0.39 is 10.0 Å². The van der Waals surface area contributed by atoms with Gasteiger partial charge in [-0.15, -0.1) is 11.3 Å². The average molecular weight is 367 g/mol. The molecule has 8 heteroatoms. The first-order valence-electron chi connectivity index (χ1n) is 5.87. The fourth-order valence-corrected chi connectivity index (χ4v) is 4.28. The Morgan fingerprint density at radius 1 is 1.42 bits per heavy atom. The second-order valence-electron chi connectivity index (χ2n) is 4.56. The van der Waals surface area contributed by atoms with Gasteiger partial charge in [0.2, 0.25) is 10.0 Å². The van der Waals surface area contributed by atoms with Gasteiger partial charge in [0.25, 0.3) is 5.91 Å². The Morgan fingerprint density at radius 3 is 2.53 bits per heavy atom. The van der Waals surface area contributed by atoms with Crippen LogP contribution >= 0.6 is 27.3 Å². The largest absolute Gasteiger partial charge is 0.338 e. The molecule has 1 saturated heterocycles. The minimum absolute atomic E-state index is 0.0218. The summed E-state index contributed by atoms with van der Waals surface area (Å²) < 4.78 is 25.8. The molecule has 1 fully saturated rings. The van der Waals surface area contributed by atoms with Crippen molar-refractivity contribution in [2.75, 3.05) is 19.3 Å². The molecule has 0 saturated carbocycles. The van der Waals surface area contributed by atoms with E-state index in [4.69, 9.17) is 0 Å². The lowest BCUT2D eigenvalue weighted by atomic mass is 10.1. The molecule has 0 aliphatic carbocycles. The van der Waals surface area contributed by atoms with Gasteiger partial charge in [-0.3, -0.25) is 4.79 Å². The first kappa shape index (κ1) is 15.0. The Morgan fingerprint density at radius 2 is 2.05 bits per heavy atom. The number of piperidine rings is 1. The first-order valence-corrected chi connectivity index (χ1v) is 9.37. The summed E-state index contributed by atoms with van der Waals surface area (Å²) in [6.07, 6.45) is 2.48. The molecule has 1 aliphatic rings. The molecule has 1 aromatic rings. The van der Waals surface area contributed by atoms with E-state index in [0.717, 1.165) is 10.0 Å². The third kappa shape index (κ3) is 4.27. The molecule has 0 unspecified atom stereocenters. The molecule has 1 N–H and O–H groups in total. The molecule has 0 spiro atoms. The zero-order chi connectivity index (χ0) is 14.0. The summed E-state index contributed by atoms with van der Waals surface area (Å²) in [4.78, 5) is 14.7. The van der Waals surface area contributed by atoms with Crippen molar-refractivity contribution in [1.82, 2.24) is 9.62 Å². The Labute approximate surface area is 125 Å². The van der Waals surface area contributed by atoms with Crippen molar-refractivity contribution in [3.63, 3.8) is 0 Å². The third-order valence-electron chi connectivity index (χ3n) is 2.95. The van der Waals surface area contributed by atoms with E-state index in [9.17, 15) is 13.2 Å². The van der Waals surface area contributed by atoms with Crippen LogP contribution in [0.15, 0.2) is 15.9 Å². The molecule has 2 rings (SSSR count). The first-order chi connectivity index (χ1) is 8.85. The molecule has 0 aromatic carbocycles. The summed E-state index contributed by atoms with van der Waals surface area (Å²) in [5, 5.41) is 0. The quantitative estimate of drug-likeness (QED) is 0.884. The Bertz CT molecular complexity index is 562. The highest BCUT2D eigenvalue weighted by Crippen LogP contribution is 2.24. The van der Waals surface area contributed by atoms with Crippen molar-refractivity contribution < 1.29 is 13.2 Å². The number of rotatable bonds is 3. The molecule has 1 aromatic heterocycles. The summed E-state index contributed by atoms with van der Waals surface area (Å²) >= 11 is 4.75. The molecular weight excluding hydrogens is 352 g/mol. The van der Waals surface area contributed by atoms with Crippen LogP contribution in [0.3, 0.4) is 0 Å². The highest BCUT2D eigenvalue weighted by atomic mass is 79.9. The third-order valence-corrected chi connectivity index (χ3v) is 5.32. The lowest BCUT2D eigenvalue weighted by molar-refractivity contribution is 0.0716. The maximum atomic E-state index is 12.2. The van der Waals surface area contributed by atoms with Crippen LogP contribution in [0.25, 0.3) is 0 Å². The highest BCUT2D eigenvalue weighted by Gasteiger charge is 2.25. The van der Waals surface area contributed by atoms with Crippen molar-refractivity contribution in [2.24, 2.45) is 0 Å². The smallest absolute Gasteiger partial charge is 0.263 e. The van der Waals surface area contributed by atoms with Crippen LogP contribution in [-0.2, 0) is 10.0 Å². The number of halogens is 1. The number of nitrogens with zero attached hydrogens (tertiary/aromatic N) is 1. The summed E-state index contributed by atoms with van der Waals surface area (Å²) in [5.74, 6) is 0.0218.